The van der Waals surface area contributed by atoms with Crippen LogP contribution in [0.3, 0.4) is 0 Å². The van der Waals surface area contributed by atoms with Crippen molar-refractivity contribution in [3.8, 4) is 0 Å². The molecule has 0 aliphatic rings. The summed E-state index contributed by atoms with van der Waals surface area (Å²) >= 11 is 1.23. The predicted octanol–water partition coefficient (Wildman–Crippen LogP) is 7.26. The van der Waals surface area contributed by atoms with Crippen LogP contribution in [0.25, 0.3) is 0 Å². The van der Waals surface area contributed by atoms with Gasteiger partial charge in [-0.2, -0.15) is 0 Å². The molecule has 0 fully saturated rings. The fourth-order valence-electron chi connectivity index (χ4n) is 3.72. The molecule has 5 nitrogen and oxygen atoms in total. The summed E-state index contributed by atoms with van der Waals surface area (Å²) in [4.78, 5) is 12.4. The molecule has 0 aromatic rings. The minimum absolute atomic E-state index is 0.0544. The average Bonchev–Trinajstić information content (AvgIpc) is 2.80. The SMILES string of the molecule is [B]PSOCC(N)COCCC(CCCCCCC)OC(=O)CCCCCCCCCCC. The molecule has 0 aromatic carbocycles. The maximum atomic E-state index is 12.4. The van der Waals surface area contributed by atoms with Gasteiger partial charge in [0.15, 0.2) is 0 Å². The zero-order valence-electron chi connectivity index (χ0n) is 21.5. The number of ether oxygens (including phenoxy) is 2. The minimum Gasteiger partial charge on any atom is -0.462 e. The van der Waals surface area contributed by atoms with Crippen molar-refractivity contribution in [3.05, 3.63) is 0 Å². The lowest BCUT2D eigenvalue weighted by Gasteiger charge is -2.19. The first-order valence-electron chi connectivity index (χ1n) is 13.4. The second-order valence-electron chi connectivity index (χ2n) is 9.00. The highest BCUT2D eigenvalue weighted by Gasteiger charge is 2.15. The molecule has 2 radical (unpaired) electrons. The number of hydrogen-bond donors (Lipinski definition) is 1. The van der Waals surface area contributed by atoms with E-state index in [4.69, 9.17) is 27.0 Å². The Morgan fingerprint density at radius 2 is 1.42 bits per heavy atom. The van der Waals surface area contributed by atoms with E-state index in [2.05, 4.69) is 13.8 Å². The quantitative estimate of drug-likeness (QED) is 0.0441. The van der Waals surface area contributed by atoms with Gasteiger partial charge >= 0.3 is 5.97 Å². The normalized spacial score (nSPS) is 13.5. The molecule has 2 N–H and O–H groups in total. The molecular weight excluding hydrogens is 452 g/mol. The van der Waals surface area contributed by atoms with Crippen molar-refractivity contribution in [2.24, 2.45) is 5.73 Å². The highest BCUT2D eigenvalue weighted by Crippen LogP contribution is 2.24. The van der Waals surface area contributed by atoms with E-state index >= 15 is 0 Å². The fourth-order valence-corrected chi connectivity index (χ4v) is 4.43. The zero-order valence-corrected chi connectivity index (χ0v) is 23.3. The van der Waals surface area contributed by atoms with Crippen LogP contribution in [0.15, 0.2) is 0 Å². The van der Waals surface area contributed by atoms with Gasteiger partial charge in [0.2, 0.25) is 0 Å². The molecule has 0 saturated heterocycles. The molecule has 8 heteroatoms. The van der Waals surface area contributed by atoms with Crippen LogP contribution in [0.1, 0.15) is 123 Å². The number of nitrogens with two attached hydrogens (primary N) is 1. The monoisotopic (exact) mass is 503 g/mol. The van der Waals surface area contributed by atoms with Crippen molar-refractivity contribution in [2.45, 2.75) is 135 Å². The van der Waals surface area contributed by atoms with Gasteiger partial charge in [0.25, 0.3) is 0 Å². The van der Waals surface area contributed by atoms with E-state index in [9.17, 15) is 4.79 Å². The lowest BCUT2D eigenvalue weighted by molar-refractivity contribution is -0.150. The van der Waals surface area contributed by atoms with E-state index in [0.29, 0.717) is 26.2 Å². The van der Waals surface area contributed by atoms with Crippen LogP contribution in [-0.2, 0) is 18.5 Å². The first-order chi connectivity index (χ1) is 16.1. The van der Waals surface area contributed by atoms with Crippen LogP contribution in [-0.4, -0.2) is 45.5 Å². The first-order valence-corrected chi connectivity index (χ1v) is 15.9. The Kier molecular flexibility index (Phi) is 27.0. The third-order valence-electron chi connectivity index (χ3n) is 5.72. The molecule has 3 unspecified atom stereocenters. The second kappa shape index (κ2) is 26.8. The van der Waals surface area contributed by atoms with Gasteiger partial charge in [-0.25, -0.2) is 0 Å². The van der Waals surface area contributed by atoms with E-state index in [1.807, 2.05) is 0 Å². The lowest BCUT2D eigenvalue weighted by atomic mass is 10.1. The van der Waals surface area contributed by atoms with Crippen LogP contribution in [0.5, 0.6) is 0 Å². The number of esters is 1. The fraction of sp³-hybridized carbons (Fsp3) is 0.960. The Bertz CT molecular complexity index is 424. The third kappa shape index (κ3) is 25.1. The van der Waals surface area contributed by atoms with Gasteiger partial charge in [0.1, 0.15) is 13.7 Å². The van der Waals surface area contributed by atoms with Crippen LogP contribution >= 0.6 is 19.3 Å². The van der Waals surface area contributed by atoms with Crippen LogP contribution in [0, 0.1) is 0 Å². The van der Waals surface area contributed by atoms with Gasteiger partial charge in [-0.15, -0.1) is 0 Å². The molecule has 0 rings (SSSR count). The molecule has 0 aliphatic heterocycles. The van der Waals surface area contributed by atoms with Gasteiger partial charge in [0, 0.05) is 24.5 Å². The molecule has 0 aromatic heterocycles. The largest absolute Gasteiger partial charge is 0.462 e. The first kappa shape index (κ1) is 33.2. The summed E-state index contributed by atoms with van der Waals surface area (Å²) in [6.45, 7) is 5.87. The van der Waals surface area contributed by atoms with Crippen molar-refractivity contribution in [3.63, 3.8) is 0 Å². The maximum Gasteiger partial charge on any atom is 0.306 e. The van der Waals surface area contributed by atoms with E-state index in [1.165, 1.54) is 82.3 Å². The number of rotatable bonds is 26. The summed E-state index contributed by atoms with van der Waals surface area (Å²) in [5.74, 6) is -0.0544. The lowest BCUT2D eigenvalue weighted by Crippen LogP contribution is -2.31. The predicted molar refractivity (Wildman–Crippen MR) is 146 cm³/mol. The summed E-state index contributed by atoms with van der Waals surface area (Å²) in [6, 6.07) is -0.171. The molecule has 0 heterocycles. The topological polar surface area (TPSA) is 70.8 Å². The Balaban J connectivity index is 4.04. The molecular formula is C25H51BNO4PS. The van der Waals surface area contributed by atoms with Gasteiger partial charge in [0.05, 0.1) is 25.9 Å². The van der Waals surface area contributed by atoms with Gasteiger partial charge in [-0.05, 0) is 19.3 Å². The van der Waals surface area contributed by atoms with Crippen molar-refractivity contribution >= 4 is 32.9 Å². The summed E-state index contributed by atoms with van der Waals surface area (Å²) in [5.41, 5.74) is 5.97. The standard InChI is InChI=1S/C25H51BNO4PS/c1-3-5-7-9-10-11-12-14-16-18-25(28)31-24(17-15-13-8-6-4-2)19-20-29-21-23(27)22-30-33-32-26/h23-24,32H,3-22,27H2,1-2H3. The van der Waals surface area contributed by atoms with Crippen LogP contribution in [0.2, 0.25) is 0 Å². The highest BCUT2D eigenvalue weighted by atomic mass is 32.7. The van der Waals surface area contributed by atoms with E-state index in [0.717, 1.165) is 32.1 Å². The maximum absolute atomic E-state index is 12.4. The van der Waals surface area contributed by atoms with Gasteiger partial charge < -0.3 is 19.4 Å². The van der Waals surface area contributed by atoms with E-state index < -0.39 is 0 Å². The van der Waals surface area contributed by atoms with E-state index in [-0.39, 0.29) is 25.8 Å². The zero-order chi connectivity index (χ0) is 24.4. The summed E-state index contributed by atoms with van der Waals surface area (Å²) in [6.07, 6.45) is 19.4. The number of unbranched alkanes of at least 4 members (excludes halogenated alkanes) is 12. The smallest absolute Gasteiger partial charge is 0.306 e. The van der Waals surface area contributed by atoms with Crippen molar-refractivity contribution in [1.29, 1.82) is 0 Å². The second-order valence-corrected chi connectivity index (χ2v) is 10.8. The molecule has 33 heavy (non-hydrogen) atoms. The molecule has 0 aliphatic carbocycles. The van der Waals surface area contributed by atoms with Crippen molar-refractivity contribution in [1.82, 2.24) is 0 Å². The van der Waals surface area contributed by atoms with Crippen molar-refractivity contribution < 1.29 is 18.5 Å². The molecule has 0 bridgehead atoms. The summed E-state index contributed by atoms with van der Waals surface area (Å²) < 4.78 is 16.8. The molecule has 194 valence electrons. The number of carbonyl (C=O) groups is 1. The van der Waals surface area contributed by atoms with Crippen molar-refractivity contribution in [2.75, 3.05) is 19.8 Å². The summed E-state index contributed by atoms with van der Waals surface area (Å²) in [5, 5.41) is 0. The molecule has 0 spiro atoms. The van der Waals surface area contributed by atoms with Gasteiger partial charge in [-0.3, -0.25) is 4.79 Å². The van der Waals surface area contributed by atoms with Gasteiger partial charge in [-0.1, -0.05) is 98.6 Å². The minimum atomic E-state index is -0.171. The van der Waals surface area contributed by atoms with E-state index in [1.54, 1.807) is 0 Å². The Hall–Kier alpha value is 0.195. The van der Waals surface area contributed by atoms with Crippen LogP contribution in [0.4, 0.5) is 0 Å². The van der Waals surface area contributed by atoms with Crippen LogP contribution < -0.4 is 5.73 Å². The number of carbonyl (C=O) groups excluding carboxylic acids is 1. The Morgan fingerprint density at radius 1 is 0.848 bits per heavy atom. The Morgan fingerprint density at radius 3 is 2.03 bits per heavy atom. The Labute approximate surface area is 211 Å². The molecule has 3 atom stereocenters. The average molecular weight is 504 g/mol. The number of hydrogen-bond acceptors (Lipinski definition) is 6. The molecule has 0 saturated carbocycles. The molecule has 0 amide bonds. The summed E-state index contributed by atoms with van der Waals surface area (Å²) in [7, 11) is 5.60. The third-order valence-corrected chi connectivity index (χ3v) is 6.71. The highest BCUT2D eigenvalue weighted by molar-refractivity contribution is 8.53.